The lowest BCUT2D eigenvalue weighted by atomic mass is 10.00. The second-order valence-corrected chi connectivity index (χ2v) is 8.16. The fourth-order valence-corrected chi connectivity index (χ4v) is 3.78. The van der Waals surface area contributed by atoms with E-state index in [1.165, 1.54) is 16.7 Å². The number of nitrogens with one attached hydrogen (secondary N) is 1. The molecule has 0 saturated carbocycles. The van der Waals surface area contributed by atoms with E-state index in [1.54, 1.807) is 31.6 Å². The van der Waals surface area contributed by atoms with Crippen LogP contribution in [0.4, 0.5) is 19.1 Å². The van der Waals surface area contributed by atoms with Gasteiger partial charge in [0.05, 0.1) is 16.8 Å². The summed E-state index contributed by atoms with van der Waals surface area (Å²) in [5, 5.41) is 3.15. The van der Waals surface area contributed by atoms with E-state index < -0.39 is 17.3 Å². The highest BCUT2D eigenvalue weighted by Crippen LogP contribution is 2.33. The molecule has 35 heavy (non-hydrogen) atoms. The lowest BCUT2D eigenvalue weighted by molar-refractivity contribution is -0.137. The molecule has 2 heterocycles. The molecule has 4 rings (SSSR count). The molecule has 2 aromatic heterocycles. The van der Waals surface area contributed by atoms with Crippen LogP contribution in [0.5, 0.6) is 0 Å². The lowest BCUT2D eigenvalue weighted by Gasteiger charge is -2.18. The van der Waals surface area contributed by atoms with Crippen LogP contribution in [-0.2, 0) is 19.6 Å². The number of benzene rings is 2. The van der Waals surface area contributed by atoms with Crippen molar-refractivity contribution in [2.45, 2.75) is 18.6 Å². The summed E-state index contributed by atoms with van der Waals surface area (Å²) >= 11 is 0. The SMILES string of the molecule is Cn1c(NCC(N)Cc2ccccc2)nc(-c2ccncc2)c(-c2ccc(C(F)(F)F)cc2)c1=O. The average molecular weight is 480 g/mol. The number of hydrogen-bond acceptors (Lipinski definition) is 5. The Morgan fingerprint density at radius 2 is 1.63 bits per heavy atom. The molecule has 0 aliphatic heterocycles. The molecule has 0 aliphatic rings. The number of anilines is 1. The minimum atomic E-state index is -4.47. The van der Waals surface area contributed by atoms with Gasteiger partial charge < -0.3 is 11.1 Å². The number of pyridine rings is 1. The van der Waals surface area contributed by atoms with Crippen LogP contribution in [0.25, 0.3) is 22.4 Å². The van der Waals surface area contributed by atoms with Crippen LogP contribution in [0, 0.1) is 0 Å². The van der Waals surface area contributed by atoms with Gasteiger partial charge >= 0.3 is 6.18 Å². The molecule has 0 spiro atoms. The average Bonchev–Trinajstić information content (AvgIpc) is 2.85. The zero-order valence-corrected chi connectivity index (χ0v) is 19.0. The topological polar surface area (TPSA) is 85.8 Å². The summed E-state index contributed by atoms with van der Waals surface area (Å²) in [5.74, 6) is 0.306. The number of hydrogen-bond donors (Lipinski definition) is 2. The number of halogens is 3. The van der Waals surface area contributed by atoms with E-state index in [0.29, 0.717) is 35.7 Å². The molecule has 0 saturated heterocycles. The number of nitrogens with two attached hydrogens (primary N) is 1. The predicted octanol–water partition coefficient (Wildman–Crippen LogP) is 4.51. The van der Waals surface area contributed by atoms with Gasteiger partial charge in [-0.25, -0.2) is 4.98 Å². The van der Waals surface area contributed by atoms with Gasteiger partial charge in [0.1, 0.15) is 0 Å². The second-order valence-electron chi connectivity index (χ2n) is 8.16. The predicted molar refractivity (Wildman–Crippen MR) is 130 cm³/mol. The molecule has 4 aromatic rings. The van der Waals surface area contributed by atoms with Gasteiger partial charge in [-0.2, -0.15) is 13.2 Å². The van der Waals surface area contributed by atoms with Crippen molar-refractivity contribution in [2.24, 2.45) is 12.8 Å². The van der Waals surface area contributed by atoms with Gasteiger partial charge in [-0.3, -0.25) is 14.3 Å². The smallest absolute Gasteiger partial charge is 0.354 e. The van der Waals surface area contributed by atoms with Crippen LogP contribution < -0.4 is 16.6 Å². The lowest BCUT2D eigenvalue weighted by Crippen LogP contribution is -2.34. The zero-order chi connectivity index (χ0) is 25.0. The van der Waals surface area contributed by atoms with Gasteiger partial charge in [0.15, 0.2) is 0 Å². The van der Waals surface area contributed by atoms with Crippen LogP contribution in [0.2, 0.25) is 0 Å². The Kier molecular flexibility index (Phi) is 6.97. The molecule has 0 bridgehead atoms. The largest absolute Gasteiger partial charge is 0.416 e. The molecular formula is C26H24F3N5O. The van der Waals surface area contributed by atoms with Crippen molar-refractivity contribution in [3.05, 3.63) is 101 Å². The summed E-state index contributed by atoms with van der Waals surface area (Å²) in [6, 6.07) is 17.5. The molecule has 0 radical (unpaired) electrons. The van der Waals surface area contributed by atoms with Gasteiger partial charge in [0.25, 0.3) is 5.56 Å². The van der Waals surface area contributed by atoms with Gasteiger partial charge in [-0.05, 0) is 41.8 Å². The van der Waals surface area contributed by atoms with Crippen LogP contribution >= 0.6 is 0 Å². The fourth-order valence-electron chi connectivity index (χ4n) is 3.78. The molecule has 3 N–H and O–H groups in total. The third kappa shape index (κ3) is 5.58. The van der Waals surface area contributed by atoms with E-state index in [1.807, 2.05) is 30.3 Å². The summed E-state index contributed by atoms with van der Waals surface area (Å²) < 4.78 is 40.5. The standard InChI is InChI=1S/C26H24F3N5O/c1-34-24(35)22(18-7-9-20(10-8-18)26(27,28)29)23(19-11-13-31-14-12-19)33-25(34)32-16-21(30)15-17-5-3-2-4-6-17/h2-14,21H,15-16,30H2,1H3,(H,32,33). The Morgan fingerprint density at radius 1 is 0.971 bits per heavy atom. The Balaban J connectivity index is 1.70. The summed E-state index contributed by atoms with van der Waals surface area (Å²) in [6.07, 6.45) is -0.702. The molecule has 9 heteroatoms. The summed E-state index contributed by atoms with van der Waals surface area (Å²) in [6.45, 7) is 0.366. The van der Waals surface area contributed by atoms with Gasteiger partial charge in [-0.15, -0.1) is 0 Å². The molecule has 6 nitrogen and oxygen atoms in total. The van der Waals surface area contributed by atoms with E-state index in [0.717, 1.165) is 17.7 Å². The molecule has 2 aromatic carbocycles. The maximum absolute atomic E-state index is 13.4. The van der Waals surface area contributed by atoms with E-state index in [2.05, 4.69) is 15.3 Å². The fraction of sp³-hybridized carbons (Fsp3) is 0.192. The van der Waals surface area contributed by atoms with Crippen molar-refractivity contribution in [3.63, 3.8) is 0 Å². The minimum Gasteiger partial charge on any atom is -0.354 e. The highest BCUT2D eigenvalue weighted by Gasteiger charge is 2.30. The number of aromatic nitrogens is 3. The van der Waals surface area contributed by atoms with E-state index >= 15 is 0 Å². The third-order valence-electron chi connectivity index (χ3n) is 5.61. The van der Waals surface area contributed by atoms with Crippen LogP contribution in [0.15, 0.2) is 83.9 Å². The molecule has 0 amide bonds. The Labute approximate surface area is 200 Å². The van der Waals surface area contributed by atoms with Crippen molar-refractivity contribution in [1.82, 2.24) is 14.5 Å². The number of nitrogens with zero attached hydrogens (tertiary/aromatic N) is 3. The van der Waals surface area contributed by atoms with Crippen LogP contribution in [0.3, 0.4) is 0 Å². The Bertz CT molecular complexity index is 1340. The Morgan fingerprint density at radius 3 is 2.26 bits per heavy atom. The van der Waals surface area contributed by atoms with Crippen LogP contribution in [0.1, 0.15) is 11.1 Å². The van der Waals surface area contributed by atoms with Crippen LogP contribution in [-0.4, -0.2) is 27.1 Å². The molecule has 1 unspecified atom stereocenters. The maximum atomic E-state index is 13.4. The summed E-state index contributed by atoms with van der Waals surface area (Å²) in [5.41, 5.74) is 7.69. The minimum absolute atomic E-state index is 0.201. The zero-order valence-electron chi connectivity index (χ0n) is 19.0. The monoisotopic (exact) mass is 479 g/mol. The van der Waals surface area contributed by atoms with Crippen molar-refractivity contribution < 1.29 is 13.2 Å². The molecule has 0 aliphatic carbocycles. The highest BCUT2D eigenvalue weighted by atomic mass is 19.4. The number of rotatable bonds is 7. The maximum Gasteiger partial charge on any atom is 0.416 e. The summed E-state index contributed by atoms with van der Waals surface area (Å²) in [4.78, 5) is 22.1. The van der Waals surface area contributed by atoms with Gasteiger partial charge in [0.2, 0.25) is 5.95 Å². The molecule has 1 atom stereocenters. The van der Waals surface area contributed by atoms with Crippen molar-refractivity contribution in [1.29, 1.82) is 0 Å². The van der Waals surface area contributed by atoms with E-state index in [-0.39, 0.29) is 11.6 Å². The van der Waals surface area contributed by atoms with Crippen molar-refractivity contribution in [2.75, 3.05) is 11.9 Å². The molecule has 0 fully saturated rings. The highest BCUT2D eigenvalue weighted by molar-refractivity contribution is 5.80. The number of alkyl halides is 3. The Hall–Kier alpha value is -3.98. The molecule has 180 valence electrons. The first kappa shape index (κ1) is 24.2. The van der Waals surface area contributed by atoms with Crippen molar-refractivity contribution in [3.8, 4) is 22.4 Å². The normalized spacial score (nSPS) is 12.4. The molecular weight excluding hydrogens is 455 g/mol. The summed E-state index contributed by atoms with van der Waals surface area (Å²) in [7, 11) is 1.56. The first-order valence-electron chi connectivity index (χ1n) is 11.0. The quantitative estimate of drug-likeness (QED) is 0.407. The van der Waals surface area contributed by atoms with E-state index in [9.17, 15) is 18.0 Å². The van der Waals surface area contributed by atoms with Gasteiger partial charge in [0, 0.05) is 37.6 Å². The first-order valence-corrected chi connectivity index (χ1v) is 11.0. The second kappa shape index (κ2) is 10.1. The van der Waals surface area contributed by atoms with Gasteiger partial charge in [-0.1, -0.05) is 42.5 Å². The van der Waals surface area contributed by atoms with Crippen molar-refractivity contribution >= 4 is 5.95 Å². The van der Waals surface area contributed by atoms with E-state index in [4.69, 9.17) is 5.73 Å². The first-order chi connectivity index (χ1) is 16.7. The third-order valence-corrected chi connectivity index (χ3v) is 5.61.